The Morgan fingerprint density at radius 1 is 1.25 bits per heavy atom. The molecule has 0 saturated heterocycles. The van der Waals surface area contributed by atoms with E-state index < -0.39 is 0 Å². The maximum absolute atomic E-state index is 5.50. The summed E-state index contributed by atoms with van der Waals surface area (Å²) >= 11 is 3.52. The third kappa shape index (κ3) is 3.64. The molecule has 0 fully saturated rings. The highest BCUT2D eigenvalue weighted by Gasteiger charge is 2.12. The topological polar surface area (TPSA) is 59.9 Å². The molecule has 24 heavy (non-hydrogen) atoms. The van der Waals surface area contributed by atoms with Crippen LogP contribution in [-0.2, 0) is 0 Å². The molecule has 5 nitrogen and oxygen atoms in total. The predicted octanol–water partition coefficient (Wildman–Crippen LogP) is 4.67. The molecule has 0 bridgehead atoms. The smallest absolute Gasteiger partial charge is 0.214 e. The van der Waals surface area contributed by atoms with Crippen LogP contribution in [0.5, 0.6) is 5.88 Å². The summed E-state index contributed by atoms with van der Waals surface area (Å²) in [5, 5.41) is 4.39. The fourth-order valence-electron chi connectivity index (χ4n) is 2.53. The Morgan fingerprint density at radius 3 is 2.83 bits per heavy atom. The number of rotatable bonds is 5. The molecule has 0 aliphatic carbocycles. The van der Waals surface area contributed by atoms with Crippen molar-refractivity contribution in [1.29, 1.82) is 0 Å². The number of nitrogens with zero attached hydrogens (tertiary/aromatic N) is 3. The van der Waals surface area contributed by atoms with Crippen molar-refractivity contribution in [2.24, 2.45) is 0 Å². The maximum atomic E-state index is 5.50. The lowest BCUT2D eigenvalue weighted by atomic mass is 10.1. The van der Waals surface area contributed by atoms with Crippen molar-refractivity contribution in [3.63, 3.8) is 0 Å². The minimum absolute atomic E-state index is 0.101. The van der Waals surface area contributed by atoms with E-state index in [2.05, 4.69) is 55.3 Å². The van der Waals surface area contributed by atoms with E-state index >= 15 is 0 Å². The Balaban J connectivity index is 1.99. The van der Waals surface area contributed by atoms with Gasteiger partial charge in [-0.05, 0) is 38.5 Å². The van der Waals surface area contributed by atoms with Gasteiger partial charge in [0.2, 0.25) is 5.88 Å². The summed E-state index contributed by atoms with van der Waals surface area (Å²) < 4.78 is 6.56. The lowest BCUT2D eigenvalue weighted by Crippen LogP contribution is -2.10. The van der Waals surface area contributed by atoms with Crippen LogP contribution in [0.1, 0.15) is 31.3 Å². The largest absolute Gasteiger partial charge is 0.478 e. The van der Waals surface area contributed by atoms with E-state index in [1.165, 1.54) is 5.56 Å². The van der Waals surface area contributed by atoms with Crippen molar-refractivity contribution >= 4 is 32.7 Å². The van der Waals surface area contributed by atoms with Crippen LogP contribution in [0.3, 0.4) is 0 Å². The first-order valence-electron chi connectivity index (χ1n) is 7.86. The van der Waals surface area contributed by atoms with Crippen LogP contribution in [0.4, 0.5) is 5.82 Å². The molecule has 3 aromatic rings. The fourth-order valence-corrected chi connectivity index (χ4v) is 2.95. The summed E-state index contributed by atoms with van der Waals surface area (Å²) in [5.74, 6) is 2.07. The van der Waals surface area contributed by atoms with Gasteiger partial charge in [0, 0.05) is 15.9 Å². The molecule has 0 saturated carbocycles. The Hall–Kier alpha value is -2.21. The molecule has 124 valence electrons. The SMILES string of the molecule is CCOc1cc2c(N[C@H](C)c3cccc(Br)c3)nc(C)nc2cn1. The molecule has 2 aromatic heterocycles. The van der Waals surface area contributed by atoms with Gasteiger partial charge in [0.1, 0.15) is 11.6 Å². The molecule has 1 aromatic carbocycles. The quantitative estimate of drug-likeness (QED) is 0.690. The molecular weight excluding hydrogens is 368 g/mol. The molecule has 0 radical (unpaired) electrons. The number of halogens is 1. The number of hydrogen-bond donors (Lipinski definition) is 1. The standard InChI is InChI=1S/C18H19BrN4O/c1-4-24-17-9-15-16(10-20-17)22-12(3)23-18(15)21-11(2)13-6-5-7-14(19)8-13/h5-11H,4H2,1-3H3,(H,21,22,23)/t11-/m1/s1. The van der Waals surface area contributed by atoms with Gasteiger partial charge in [-0.2, -0.15) is 0 Å². The first-order chi connectivity index (χ1) is 11.6. The number of anilines is 1. The number of nitrogens with one attached hydrogen (secondary N) is 1. The van der Waals surface area contributed by atoms with E-state index in [-0.39, 0.29) is 6.04 Å². The second kappa shape index (κ2) is 7.13. The monoisotopic (exact) mass is 386 g/mol. The van der Waals surface area contributed by atoms with Crippen molar-refractivity contribution in [2.45, 2.75) is 26.8 Å². The van der Waals surface area contributed by atoms with Gasteiger partial charge in [0.25, 0.3) is 0 Å². The molecule has 1 atom stereocenters. The zero-order valence-electron chi connectivity index (χ0n) is 13.9. The molecule has 1 N–H and O–H groups in total. The number of hydrogen-bond acceptors (Lipinski definition) is 5. The van der Waals surface area contributed by atoms with Gasteiger partial charge in [0.15, 0.2) is 0 Å². The zero-order valence-corrected chi connectivity index (χ0v) is 15.5. The van der Waals surface area contributed by atoms with Gasteiger partial charge >= 0.3 is 0 Å². The summed E-state index contributed by atoms with van der Waals surface area (Å²) in [6.07, 6.45) is 1.73. The van der Waals surface area contributed by atoms with Gasteiger partial charge in [-0.15, -0.1) is 0 Å². The molecule has 0 unspecified atom stereocenters. The average Bonchev–Trinajstić information content (AvgIpc) is 2.55. The van der Waals surface area contributed by atoms with Crippen LogP contribution >= 0.6 is 15.9 Å². The zero-order chi connectivity index (χ0) is 17.1. The van der Waals surface area contributed by atoms with Gasteiger partial charge < -0.3 is 10.1 Å². The average molecular weight is 387 g/mol. The van der Waals surface area contributed by atoms with E-state index in [0.717, 1.165) is 21.2 Å². The van der Waals surface area contributed by atoms with Gasteiger partial charge in [-0.25, -0.2) is 15.0 Å². The molecular formula is C18H19BrN4O. The highest BCUT2D eigenvalue weighted by molar-refractivity contribution is 9.10. The van der Waals surface area contributed by atoms with Crippen LogP contribution in [-0.4, -0.2) is 21.6 Å². The number of benzene rings is 1. The lowest BCUT2D eigenvalue weighted by molar-refractivity contribution is 0.327. The number of aromatic nitrogens is 3. The Labute approximate surface area is 149 Å². The molecule has 6 heteroatoms. The van der Waals surface area contributed by atoms with E-state index in [1.54, 1.807) is 6.20 Å². The predicted molar refractivity (Wildman–Crippen MR) is 99.4 cm³/mol. The van der Waals surface area contributed by atoms with Crippen LogP contribution < -0.4 is 10.1 Å². The van der Waals surface area contributed by atoms with Crippen molar-refractivity contribution in [1.82, 2.24) is 15.0 Å². The van der Waals surface area contributed by atoms with Crippen molar-refractivity contribution in [3.05, 3.63) is 52.4 Å². The highest BCUT2D eigenvalue weighted by Crippen LogP contribution is 2.27. The number of fused-ring (bicyclic) bond motifs is 1. The van der Waals surface area contributed by atoms with Gasteiger partial charge in [-0.1, -0.05) is 28.1 Å². The van der Waals surface area contributed by atoms with E-state index in [4.69, 9.17) is 4.74 Å². The minimum atomic E-state index is 0.101. The van der Waals surface area contributed by atoms with E-state index in [9.17, 15) is 0 Å². The number of ether oxygens (including phenoxy) is 1. The second-order valence-electron chi connectivity index (χ2n) is 5.51. The summed E-state index contributed by atoms with van der Waals surface area (Å²) in [6, 6.07) is 10.2. The first kappa shape index (κ1) is 16.6. The van der Waals surface area contributed by atoms with Crippen LogP contribution in [0.15, 0.2) is 41.0 Å². The van der Waals surface area contributed by atoms with Gasteiger partial charge in [-0.3, -0.25) is 0 Å². The number of aryl methyl sites for hydroxylation is 1. The summed E-state index contributed by atoms with van der Waals surface area (Å²) in [7, 11) is 0. The minimum Gasteiger partial charge on any atom is -0.478 e. The maximum Gasteiger partial charge on any atom is 0.214 e. The molecule has 0 spiro atoms. The van der Waals surface area contributed by atoms with Gasteiger partial charge in [0.05, 0.1) is 24.4 Å². The summed E-state index contributed by atoms with van der Waals surface area (Å²) in [5.41, 5.74) is 1.97. The van der Waals surface area contributed by atoms with Crippen molar-refractivity contribution in [3.8, 4) is 5.88 Å². The molecule has 0 aliphatic heterocycles. The Morgan fingerprint density at radius 2 is 2.08 bits per heavy atom. The Kier molecular flexibility index (Phi) is 4.94. The van der Waals surface area contributed by atoms with Crippen LogP contribution in [0.2, 0.25) is 0 Å². The summed E-state index contributed by atoms with van der Waals surface area (Å²) in [6.45, 7) is 6.50. The molecule has 0 aliphatic rings. The normalized spacial score (nSPS) is 12.2. The van der Waals surface area contributed by atoms with Crippen molar-refractivity contribution < 1.29 is 4.74 Å². The third-order valence-electron chi connectivity index (χ3n) is 3.66. The van der Waals surface area contributed by atoms with E-state index in [1.807, 2.05) is 32.0 Å². The lowest BCUT2D eigenvalue weighted by Gasteiger charge is -2.17. The first-order valence-corrected chi connectivity index (χ1v) is 8.65. The third-order valence-corrected chi connectivity index (χ3v) is 4.16. The highest BCUT2D eigenvalue weighted by atomic mass is 79.9. The van der Waals surface area contributed by atoms with Crippen LogP contribution in [0.25, 0.3) is 10.9 Å². The number of pyridine rings is 1. The molecule has 0 amide bonds. The molecule has 2 heterocycles. The van der Waals surface area contributed by atoms with Crippen molar-refractivity contribution in [2.75, 3.05) is 11.9 Å². The molecule has 3 rings (SSSR count). The fraction of sp³-hybridized carbons (Fsp3) is 0.278. The second-order valence-corrected chi connectivity index (χ2v) is 6.43. The summed E-state index contributed by atoms with van der Waals surface area (Å²) in [4.78, 5) is 13.3. The Bertz CT molecular complexity index is 869. The van der Waals surface area contributed by atoms with E-state index in [0.29, 0.717) is 18.3 Å². The van der Waals surface area contributed by atoms with Crippen LogP contribution in [0, 0.1) is 6.92 Å².